The van der Waals surface area contributed by atoms with Crippen molar-refractivity contribution >= 4 is 5.91 Å². The van der Waals surface area contributed by atoms with Gasteiger partial charge in [0.15, 0.2) is 0 Å². The van der Waals surface area contributed by atoms with Gasteiger partial charge in [-0.15, -0.1) is 0 Å². The van der Waals surface area contributed by atoms with Crippen molar-refractivity contribution in [3.05, 3.63) is 0 Å². The van der Waals surface area contributed by atoms with E-state index in [1.54, 1.807) is 0 Å². The van der Waals surface area contributed by atoms with E-state index < -0.39 is 0 Å². The lowest BCUT2D eigenvalue weighted by molar-refractivity contribution is -0.129. The van der Waals surface area contributed by atoms with Crippen LogP contribution >= 0.6 is 0 Å². The highest BCUT2D eigenvalue weighted by atomic mass is 16.2. The predicted octanol–water partition coefficient (Wildman–Crippen LogP) is 2.32. The molecule has 0 saturated carbocycles. The van der Waals surface area contributed by atoms with Gasteiger partial charge in [-0.2, -0.15) is 0 Å². The Morgan fingerprint density at radius 1 is 1.41 bits per heavy atom. The molecule has 100 valence electrons. The summed E-state index contributed by atoms with van der Waals surface area (Å²) in [7, 11) is 0. The molecule has 1 saturated heterocycles. The van der Waals surface area contributed by atoms with Crippen LogP contribution in [-0.4, -0.2) is 25.5 Å². The first kappa shape index (κ1) is 14.5. The number of nitrogens with one attached hydrogen (secondary N) is 2. The molecule has 0 radical (unpaired) electrons. The summed E-state index contributed by atoms with van der Waals surface area (Å²) in [6.45, 7) is 11.1. The fourth-order valence-corrected chi connectivity index (χ4v) is 2.55. The van der Waals surface area contributed by atoms with E-state index in [2.05, 4.69) is 17.6 Å². The third kappa shape index (κ3) is 4.30. The van der Waals surface area contributed by atoms with Gasteiger partial charge in [0.25, 0.3) is 0 Å². The molecule has 1 aliphatic rings. The molecule has 0 spiro atoms. The molecule has 1 unspecified atom stereocenters. The minimum atomic E-state index is -0.282. The molecular formula is C14H28N2O. The molecule has 1 heterocycles. The summed E-state index contributed by atoms with van der Waals surface area (Å²) in [4.78, 5) is 11.9. The van der Waals surface area contributed by atoms with Crippen LogP contribution in [0.5, 0.6) is 0 Å². The standard InChI is InChI=1S/C14H28N2O/c1-5-7-14(8-6-9-15-10-14)11-16-12(17)13(2,3)4/h15H,5-11H2,1-4H3,(H,16,17). The van der Waals surface area contributed by atoms with Crippen molar-refractivity contribution in [3.8, 4) is 0 Å². The Bertz CT molecular complexity index is 244. The number of amides is 1. The van der Waals surface area contributed by atoms with Crippen molar-refractivity contribution in [1.82, 2.24) is 10.6 Å². The van der Waals surface area contributed by atoms with Crippen LogP contribution < -0.4 is 10.6 Å². The molecule has 0 aromatic carbocycles. The van der Waals surface area contributed by atoms with Crippen molar-refractivity contribution in [3.63, 3.8) is 0 Å². The highest BCUT2D eigenvalue weighted by Gasteiger charge is 2.32. The predicted molar refractivity (Wildman–Crippen MR) is 71.9 cm³/mol. The molecule has 3 nitrogen and oxygen atoms in total. The van der Waals surface area contributed by atoms with Crippen molar-refractivity contribution in [2.75, 3.05) is 19.6 Å². The fourth-order valence-electron chi connectivity index (χ4n) is 2.55. The van der Waals surface area contributed by atoms with E-state index in [-0.39, 0.29) is 16.7 Å². The Balaban J connectivity index is 2.52. The molecule has 1 atom stereocenters. The third-order valence-corrected chi connectivity index (χ3v) is 3.65. The first-order valence-electron chi connectivity index (χ1n) is 6.89. The number of carbonyl (C=O) groups excluding carboxylic acids is 1. The summed E-state index contributed by atoms with van der Waals surface area (Å²) in [6, 6.07) is 0. The van der Waals surface area contributed by atoms with Crippen LogP contribution in [0.4, 0.5) is 0 Å². The average Bonchev–Trinajstić information content (AvgIpc) is 2.26. The SMILES string of the molecule is CCCC1(CNC(=O)C(C)(C)C)CCCNC1. The van der Waals surface area contributed by atoms with Gasteiger partial charge >= 0.3 is 0 Å². The van der Waals surface area contributed by atoms with Crippen molar-refractivity contribution in [1.29, 1.82) is 0 Å². The zero-order valence-electron chi connectivity index (χ0n) is 11.9. The molecule has 0 aromatic rings. The maximum absolute atomic E-state index is 11.9. The fraction of sp³-hybridized carbons (Fsp3) is 0.929. The smallest absolute Gasteiger partial charge is 0.225 e. The summed E-state index contributed by atoms with van der Waals surface area (Å²) < 4.78 is 0. The van der Waals surface area contributed by atoms with E-state index in [0.29, 0.717) is 0 Å². The van der Waals surface area contributed by atoms with Gasteiger partial charge in [-0.3, -0.25) is 4.79 Å². The molecule has 17 heavy (non-hydrogen) atoms. The maximum atomic E-state index is 11.9. The molecule has 1 aliphatic heterocycles. The molecule has 0 bridgehead atoms. The van der Waals surface area contributed by atoms with E-state index in [4.69, 9.17) is 0 Å². The second-order valence-corrected chi connectivity index (χ2v) is 6.46. The minimum absolute atomic E-state index is 0.165. The van der Waals surface area contributed by atoms with Crippen LogP contribution in [0.25, 0.3) is 0 Å². The molecule has 0 aliphatic carbocycles. The number of hydrogen-bond donors (Lipinski definition) is 2. The topological polar surface area (TPSA) is 41.1 Å². The molecule has 2 N–H and O–H groups in total. The summed E-state index contributed by atoms with van der Waals surface area (Å²) in [5.74, 6) is 0.165. The minimum Gasteiger partial charge on any atom is -0.355 e. The Labute approximate surface area is 106 Å². The van der Waals surface area contributed by atoms with Crippen LogP contribution in [0, 0.1) is 10.8 Å². The lowest BCUT2D eigenvalue weighted by Gasteiger charge is -2.38. The summed E-state index contributed by atoms with van der Waals surface area (Å²) in [6.07, 6.45) is 4.85. The number of rotatable bonds is 4. The average molecular weight is 240 g/mol. The van der Waals surface area contributed by atoms with Crippen molar-refractivity contribution in [2.24, 2.45) is 10.8 Å². The summed E-state index contributed by atoms with van der Waals surface area (Å²) >= 11 is 0. The Kier molecular flexibility index (Phi) is 4.99. The lowest BCUT2D eigenvalue weighted by Crippen LogP contribution is -2.49. The highest BCUT2D eigenvalue weighted by Crippen LogP contribution is 2.31. The molecule has 3 heteroatoms. The van der Waals surface area contributed by atoms with Gasteiger partial charge in [-0.1, -0.05) is 34.1 Å². The van der Waals surface area contributed by atoms with Crippen molar-refractivity contribution in [2.45, 2.75) is 53.4 Å². The third-order valence-electron chi connectivity index (χ3n) is 3.65. The Morgan fingerprint density at radius 2 is 2.12 bits per heavy atom. The highest BCUT2D eigenvalue weighted by molar-refractivity contribution is 5.81. The van der Waals surface area contributed by atoms with Gasteiger partial charge in [0, 0.05) is 23.9 Å². The van der Waals surface area contributed by atoms with E-state index >= 15 is 0 Å². The van der Waals surface area contributed by atoms with Gasteiger partial charge in [-0.05, 0) is 25.8 Å². The van der Waals surface area contributed by atoms with Gasteiger partial charge in [-0.25, -0.2) is 0 Å². The normalized spacial score (nSPS) is 25.6. The lowest BCUT2D eigenvalue weighted by atomic mass is 9.76. The number of carbonyl (C=O) groups is 1. The first-order valence-corrected chi connectivity index (χ1v) is 6.89. The van der Waals surface area contributed by atoms with Gasteiger partial charge in [0.2, 0.25) is 5.91 Å². The Hall–Kier alpha value is -0.570. The molecule has 1 fully saturated rings. The Morgan fingerprint density at radius 3 is 2.59 bits per heavy atom. The van der Waals surface area contributed by atoms with Crippen molar-refractivity contribution < 1.29 is 4.79 Å². The summed E-state index contributed by atoms with van der Waals surface area (Å²) in [5.41, 5.74) is 0.00338. The second-order valence-electron chi connectivity index (χ2n) is 6.46. The van der Waals surface area contributed by atoms with Gasteiger partial charge < -0.3 is 10.6 Å². The van der Waals surface area contributed by atoms with Gasteiger partial charge in [0.05, 0.1) is 0 Å². The largest absolute Gasteiger partial charge is 0.355 e. The molecular weight excluding hydrogens is 212 g/mol. The van der Waals surface area contributed by atoms with E-state index in [9.17, 15) is 4.79 Å². The molecule has 1 amide bonds. The van der Waals surface area contributed by atoms with Crippen LogP contribution in [0.3, 0.4) is 0 Å². The quantitative estimate of drug-likeness (QED) is 0.792. The van der Waals surface area contributed by atoms with Crippen LogP contribution in [-0.2, 0) is 4.79 Å². The van der Waals surface area contributed by atoms with E-state index in [1.807, 2.05) is 20.8 Å². The van der Waals surface area contributed by atoms with Crippen LogP contribution in [0.2, 0.25) is 0 Å². The summed E-state index contributed by atoms with van der Waals surface area (Å²) in [5, 5.41) is 6.61. The second kappa shape index (κ2) is 5.85. The monoisotopic (exact) mass is 240 g/mol. The van der Waals surface area contributed by atoms with Crippen LogP contribution in [0.1, 0.15) is 53.4 Å². The van der Waals surface area contributed by atoms with E-state index in [0.717, 1.165) is 19.6 Å². The number of piperidine rings is 1. The van der Waals surface area contributed by atoms with E-state index in [1.165, 1.54) is 25.7 Å². The zero-order valence-corrected chi connectivity index (χ0v) is 11.9. The first-order chi connectivity index (χ1) is 7.90. The van der Waals surface area contributed by atoms with Crippen LogP contribution in [0.15, 0.2) is 0 Å². The maximum Gasteiger partial charge on any atom is 0.225 e. The number of hydrogen-bond acceptors (Lipinski definition) is 2. The van der Waals surface area contributed by atoms with Gasteiger partial charge in [0.1, 0.15) is 0 Å². The molecule has 0 aromatic heterocycles. The molecule has 1 rings (SSSR count). The zero-order chi connectivity index (χ0) is 12.9.